The zero-order chi connectivity index (χ0) is 28.3. The smallest absolute Gasteiger partial charge is 0.335 e. The van der Waals surface area contributed by atoms with Crippen LogP contribution in [0.4, 0.5) is 0 Å². The number of benzene rings is 3. The molecular weight excluding hydrogens is 555 g/mol. The van der Waals surface area contributed by atoms with Gasteiger partial charge in [0, 0.05) is 50.3 Å². The molecule has 3 N–H and O–H groups in total. The zero-order valence-electron chi connectivity index (χ0n) is 20.5. The lowest BCUT2D eigenvalue weighted by atomic mass is 10.0. The number of carbonyl (C=O) groups is 2. The van der Waals surface area contributed by atoms with E-state index in [2.05, 4.69) is 4.98 Å². The SMILES string of the molecule is O=C(O)c1cc(Cn2c3c(c(=O)c4cc5[nH]c6ccc(Cl)cc6c(=O)c5cc42)C=C(Cl)CC=C3)cc(C(=O)O)c1. The number of allylic oxidation sites excluding steroid dienone is 2. The highest BCUT2D eigenvalue weighted by molar-refractivity contribution is 6.32. The summed E-state index contributed by atoms with van der Waals surface area (Å²) in [7, 11) is 0. The van der Waals surface area contributed by atoms with E-state index in [1.54, 1.807) is 53.1 Å². The van der Waals surface area contributed by atoms with Crippen LogP contribution in [0.5, 0.6) is 0 Å². The van der Waals surface area contributed by atoms with E-state index in [1.165, 1.54) is 12.1 Å². The number of fused-ring (bicyclic) bond motifs is 4. The average molecular weight is 573 g/mol. The van der Waals surface area contributed by atoms with Gasteiger partial charge in [0.2, 0.25) is 0 Å². The van der Waals surface area contributed by atoms with Crippen molar-refractivity contribution in [3.8, 4) is 0 Å². The summed E-state index contributed by atoms with van der Waals surface area (Å²) in [6.07, 6.45) is 5.54. The first-order valence-corrected chi connectivity index (χ1v) is 12.9. The summed E-state index contributed by atoms with van der Waals surface area (Å²) >= 11 is 12.5. The molecule has 5 aromatic rings. The largest absolute Gasteiger partial charge is 0.478 e. The van der Waals surface area contributed by atoms with Crippen molar-refractivity contribution in [2.45, 2.75) is 13.0 Å². The highest BCUT2D eigenvalue weighted by Crippen LogP contribution is 2.29. The van der Waals surface area contributed by atoms with Gasteiger partial charge in [0.05, 0.1) is 27.9 Å². The quantitative estimate of drug-likeness (QED) is 0.223. The highest BCUT2D eigenvalue weighted by Gasteiger charge is 2.20. The molecule has 0 aliphatic heterocycles. The third-order valence-corrected chi connectivity index (χ3v) is 7.44. The number of nitrogens with one attached hydrogen (secondary N) is 1. The van der Waals surface area contributed by atoms with Crippen molar-refractivity contribution in [3.63, 3.8) is 0 Å². The van der Waals surface area contributed by atoms with Gasteiger partial charge in [0.15, 0.2) is 10.9 Å². The Morgan fingerprint density at radius 1 is 0.850 bits per heavy atom. The number of aromatic amines is 1. The van der Waals surface area contributed by atoms with Crippen molar-refractivity contribution in [3.05, 3.63) is 113 Å². The molecule has 198 valence electrons. The molecule has 0 saturated carbocycles. The molecule has 2 heterocycles. The number of H-pyrrole nitrogens is 1. The van der Waals surface area contributed by atoms with Crippen LogP contribution in [-0.2, 0) is 6.54 Å². The lowest BCUT2D eigenvalue weighted by molar-refractivity contribution is 0.0696. The Hall–Kier alpha value is -4.66. The van der Waals surface area contributed by atoms with Crippen LogP contribution in [0, 0.1) is 0 Å². The lowest BCUT2D eigenvalue weighted by Crippen LogP contribution is -2.18. The summed E-state index contributed by atoms with van der Waals surface area (Å²) in [4.78, 5) is 54.0. The molecule has 0 unspecified atom stereocenters. The van der Waals surface area contributed by atoms with Gasteiger partial charge in [-0.3, -0.25) is 9.59 Å². The minimum absolute atomic E-state index is 0.0130. The van der Waals surface area contributed by atoms with E-state index in [-0.39, 0.29) is 28.5 Å². The van der Waals surface area contributed by atoms with E-state index in [9.17, 15) is 29.4 Å². The Bertz CT molecular complexity index is 2110. The predicted molar refractivity (Wildman–Crippen MR) is 156 cm³/mol. The van der Waals surface area contributed by atoms with Gasteiger partial charge < -0.3 is 19.8 Å². The molecule has 0 radical (unpaired) electrons. The fourth-order valence-electron chi connectivity index (χ4n) is 5.13. The van der Waals surface area contributed by atoms with Gasteiger partial charge >= 0.3 is 11.9 Å². The fourth-order valence-corrected chi connectivity index (χ4v) is 5.50. The number of carboxylic acids is 2. The van der Waals surface area contributed by atoms with Gasteiger partial charge in [0.25, 0.3) is 0 Å². The summed E-state index contributed by atoms with van der Waals surface area (Å²) in [6, 6.07) is 12.0. The maximum Gasteiger partial charge on any atom is 0.335 e. The molecule has 3 aromatic carbocycles. The molecule has 0 atom stereocenters. The van der Waals surface area contributed by atoms with Crippen molar-refractivity contribution in [1.82, 2.24) is 9.55 Å². The second kappa shape index (κ2) is 9.51. The Kier molecular flexibility index (Phi) is 6.09. The van der Waals surface area contributed by atoms with Gasteiger partial charge in [-0.2, -0.15) is 0 Å². The van der Waals surface area contributed by atoms with Gasteiger partial charge in [-0.1, -0.05) is 29.3 Å². The van der Waals surface area contributed by atoms with E-state index in [0.717, 1.165) is 6.07 Å². The van der Waals surface area contributed by atoms with E-state index < -0.39 is 11.9 Å². The Morgan fingerprint density at radius 3 is 2.25 bits per heavy atom. The van der Waals surface area contributed by atoms with E-state index in [4.69, 9.17) is 23.2 Å². The summed E-state index contributed by atoms with van der Waals surface area (Å²) < 4.78 is 1.77. The van der Waals surface area contributed by atoms with Crippen LogP contribution in [0.15, 0.2) is 69.2 Å². The first-order chi connectivity index (χ1) is 19.1. The normalized spacial score (nSPS) is 12.9. The number of carboxylic acid groups (broad SMARTS) is 2. The first-order valence-electron chi connectivity index (χ1n) is 12.1. The average Bonchev–Trinajstić information content (AvgIpc) is 3.12. The zero-order valence-corrected chi connectivity index (χ0v) is 22.0. The van der Waals surface area contributed by atoms with Crippen LogP contribution in [0.3, 0.4) is 0 Å². The monoisotopic (exact) mass is 572 g/mol. The number of rotatable bonds is 4. The van der Waals surface area contributed by atoms with Crippen LogP contribution in [-0.4, -0.2) is 31.7 Å². The highest BCUT2D eigenvalue weighted by atomic mass is 35.5. The van der Waals surface area contributed by atoms with Gasteiger partial charge in [-0.15, -0.1) is 0 Å². The number of aromatic nitrogens is 2. The molecule has 2 aromatic heterocycles. The van der Waals surface area contributed by atoms with Gasteiger partial charge in [-0.05, 0) is 66.2 Å². The number of pyridine rings is 2. The van der Waals surface area contributed by atoms with Gasteiger partial charge in [-0.25, -0.2) is 9.59 Å². The van der Waals surface area contributed by atoms with Crippen LogP contribution in [0.2, 0.25) is 5.02 Å². The van der Waals surface area contributed by atoms with Gasteiger partial charge in [0.1, 0.15) is 0 Å². The fraction of sp³-hybridized carbons (Fsp3) is 0.0667. The molecule has 40 heavy (non-hydrogen) atoms. The number of halogens is 2. The molecule has 0 amide bonds. The first kappa shape index (κ1) is 25.6. The standard InChI is InChI=1S/C30H18Cl2N2O6/c31-17-2-1-3-25-21(10-17)28(36)22-11-24-20(27(35)19-9-18(32)4-5-23(19)33-24)12-26(22)34(25)13-14-6-15(29(37)38)8-16(7-14)30(39)40/h1,3-12H,2,13H2,(H,33,35)(H,37,38)(H,39,40). The molecule has 0 fully saturated rings. The number of hydrogen-bond donors (Lipinski definition) is 3. The maximum absolute atomic E-state index is 13.8. The summed E-state index contributed by atoms with van der Waals surface area (Å²) in [5.41, 5.74) is 1.69. The lowest BCUT2D eigenvalue weighted by Gasteiger charge is -2.19. The summed E-state index contributed by atoms with van der Waals surface area (Å²) in [6.45, 7) is 0.0130. The molecule has 1 aliphatic carbocycles. The maximum atomic E-state index is 13.8. The molecular formula is C30H18Cl2N2O6. The second-order valence-corrected chi connectivity index (χ2v) is 10.4. The van der Waals surface area contributed by atoms with E-state index in [1.807, 2.05) is 0 Å². The second-order valence-electron chi connectivity index (χ2n) is 9.50. The van der Waals surface area contributed by atoms with Crippen LogP contribution in [0.1, 0.15) is 44.0 Å². The topological polar surface area (TPSA) is 129 Å². The number of nitrogens with zero attached hydrogens (tertiary/aromatic N) is 1. The minimum atomic E-state index is -1.27. The van der Waals surface area contributed by atoms with Crippen molar-refractivity contribution in [2.75, 3.05) is 0 Å². The Morgan fingerprint density at radius 2 is 1.55 bits per heavy atom. The molecule has 0 bridgehead atoms. The van der Waals surface area contributed by atoms with Crippen LogP contribution < -0.4 is 10.9 Å². The van der Waals surface area contributed by atoms with Crippen LogP contribution in [0.25, 0.3) is 44.9 Å². The van der Waals surface area contributed by atoms with E-state index in [0.29, 0.717) is 66.0 Å². The molecule has 8 nitrogen and oxygen atoms in total. The van der Waals surface area contributed by atoms with E-state index >= 15 is 0 Å². The van der Waals surface area contributed by atoms with Crippen molar-refractivity contribution < 1.29 is 19.8 Å². The summed E-state index contributed by atoms with van der Waals surface area (Å²) in [5.74, 6) is -2.55. The van der Waals surface area contributed by atoms with Crippen molar-refractivity contribution in [2.24, 2.45) is 0 Å². The molecule has 10 heteroatoms. The molecule has 6 rings (SSSR count). The Balaban J connectivity index is 1.72. The third kappa shape index (κ3) is 4.27. The van der Waals surface area contributed by atoms with Crippen LogP contribution >= 0.6 is 23.2 Å². The third-order valence-electron chi connectivity index (χ3n) is 6.94. The summed E-state index contributed by atoms with van der Waals surface area (Å²) in [5, 5.41) is 21.0. The molecule has 1 aliphatic rings. The minimum Gasteiger partial charge on any atom is -0.478 e. The molecule has 0 saturated heterocycles. The predicted octanol–water partition coefficient (Wildman–Crippen LogP) is 6.09. The van der Waals surface area contributed by atoms with Crippen molar-refractivity contribution in [1.29, 1.82) is 0 Å². The Labute approximate surface area is 235 Å². The number of hydrogen-bond acceptors (Lipinski definition) is 4. The van der Waals surface area contributed by atoms with Crippen molar-refractivity contribution >= 4 is 80.0 Å². The number of aromatic carboxylic acids is 2. The molecule has 0 spiro atoms.